The number of amides is 1. The van der Waals surface area contributed by atoms with E-state index < -0.39 is 0 Å². The van der Waals surface area contributed by atoms with Crippen molar-refractivity contribution in [3.63, 3.8) is 0 Å². The van der Waals surface area contributed by atoms with Crippen LogP contribution in [-0.4, -0.2) is 97.5 Å². The second kappa shape index (κ2) is 26.9. The molecule has 0 fully saturated rings. The summed E-state index contributed by atoms with van der Waals surface area (Å²) in [5.41, 5.74) is 0. The minimum Gasteiger partial charge on any atom is -0.377 e. The Balaban J connectivity index is 0. The maximum absolute atomic E-state index is 11.3. The topological polar surface area (TPSA) is 102 Å². The molecule has 0 aromatic rings. The number of Topliss-reactive ketones (excluding diaryl/α,β-unsaturated/α-hetero) is 1. The molecule has 31 heavy (non-hydrogen) atoms. The third kappa shape index (κ3) is 26.9. The number of carbonyl (C=O) groups excluding carboxylic acids is 2. The Morgan fingerprint density at radius 3 is 1.35 bits per heavy atom. The molecule has 1 amide bonds. The van der Waals surface area contributed by atoms with Crippen LogP contribution in [0.25, 0.3) is 0 Å². The van der Waals surface area contributed by atoms with E-state index >= 15 is 0 Å². The lowest BCUT2D eigenvalue weighted by Crippen LogP contribution is -2.26. The molecule has 0 aliphatic carbocycles. The number of rotatable bonds is 22. The summed E-state index contributed by atoms with van der Waals surface area (Å²) in [6, 6.07) is 0. The van der Waals surface area contributed by atoms with Crippen molar-refractivity contribution < 1.29 is 38.0 Å². The fourth-order valence-electron chi connectivity index (χ4n) is 1.83. The molecule has 9 heteroatoms. The third-order valence-electron chi connectivity index (χ3n) is 3.64. The lowest BCUT2D eigenvalue weighted by Gasteiger charge is -2.08. The van der Waals surface area contributed by atoms with Gasteiger partial charge in [0.05, 0.1) is 72.7 Å². The zero-order valence-corrected chi connectivity index (χ0v) is 20.2. The Hall–Kier alpha value is -1.10. The number of ether oxygens (including phenoxy) is 6. The molecule has 0 bridgehead atoms. The molecular formula is C22H45NO8. The third-order valence-corrected chi connectivity index (χ3v) is 3.64. The van der Waals surface area contributed by atoms with E-state index in [-0.39, 0.29) is 24.2 Å². The molecule has 0 rings (SSSR count). The van der Waals surface area contributed by atoms with E-state index in [1.807, 2.05) is 34.6 Å². The van der Waals surface area contributed by atoms with Crippen LogP contribution in [0.3, 0.4) is 0 Å². The first-order chi connectivity index (χ1) is 15.1. The summed E-state index contributed by atoms with van der Waals surface area (Å²) < 4.78 is 32.0. The monoisotopic (exact) mass is 451 g/mol. The molecule has 0 saturated carbocycles. The van der Waals surface area contributed by atoms with Crippen molar-refractivity contribution in [3.05, 3.63) is 0 Å². The first-order valence-corrected chi connectivity index (χ1v) is 11.3. The van der Waals surface area contributed by atoms with Crippen LogP contribution in [0.1, 0.15) is 41.0 Å². The summed E-state index contributed by atoms with van der Waals surface area (Å²) in [5, 5.41) is 2.73. The summed E-state index contributed by atoms with van der Waals surface area (Å²) >= 11 is 0. The molecule has 0 aliphatic rings. The van der Waals surface area contributed by atoms with Crippen LogP contribution in [0.2, 0.25) is 0 Å². The first kappa shape index (κ1) is 32.1. The highest BCUT2D eigenvalue weighted by Crippen LogP contribution is 1.94. The second-order valence-electron chi connectivity index (χ2n) is 6.44. The number of carbonyl (C=O) groups is 2. The zero-order valence-electron chi connectivity index (χ0n) is 20.2. The average Bonchev–Trinajstić information content (AvgIpc) is 2.78. The van der Waals surface area contributed by atoms with Gasteiger partial charge in [-0.25, -0.2) is 0 Å². The predicted octanol–water partition coefficient (Wildman–Crippen LogP) is 1.86. The van der Waals surface area contributed by atoms with Gasteiger partial charge in [0, 0.05) is 18.9 Å². The summed E-state index contributed by atoms with van der Waals surface area (Å²) in [7, 11) is 0. The van der Waals surface area contributed by atoms with Crippen molar-refractivity contribution in [2.75, 3.05) is 85.8 Å². The molecule has 9 nitrogen and oxygen atoms in total. The van der Waals surface area contributed by atoms with Crippen molar-refractivity contribution in [3.8, 4) is 0 Å². The summed E-state index contributed by atoms with van der Waals surface area (Å²) in [6.07, 6.45) is 0.486. The molecular weight excluding hydrogens is 406 g/mol. The smallest absolute Gasteiger partial charge is 0.219 e. The van der Waals surface area contributed by atoms with E-state index in [4.69, 9.17) is 28.4 Å². The van der Waals surface area contributed by atoms with E-state index in [0.717, 1.165) is 0 Å². The molecule has 186 valence electrons. The highest BCUT2D eigenvalue weighted by molar-refractivity contribution is 5.81. The molecule has 0 spiro atoms. The van der Waals surface area contributed by atoms with Gasteiger partial charge in [0.1, 0.15) is 6.61 Å². The maximum Gasteiger partial charge on any atom is 0.219 e. The molecule has 0 aliphatic heterocycles. The minimum atomic E-state index is 0.00373. The van der Waals surface area contributed by atoms with Crippen molar-refractivity contribution in [1.29, 1.82) is 0 Å². The van der Waals surface area contributed by atoms with Crippen molar-refractivity contribution in [2.24, 2.45) is 5.92 Å². The molecule has 1 N–H and O–H groups in total. The SMILES string of the molecule is CC.CCC(=O)NCCOCCOCCOCCOCCOCCOCC(=O)C(C)C. The normalized spacial score (nSPS) is 10.6. The fraction of sp³-hybridized carbons (Fsp3) is 0.909. The van der Waals surface area contributed by atoms with Gasteiger partial charge in [-0.1, -0.05) is 34.6 Å². The Labute approximate surface area is 188 Å². The van der Waals surface area contributed by atoms with Gasteiger partial charge in [-0.15, -0.1) is 0 Å². The van der Waals surface area contributed by atoms with E-state index in [9.17, 15) is 9.59 Å². The maximum atomic E-state index is 11.3. The largest absolute Gasteiger partial charge is 0.377 e. The van der Waals surface area contributed by atoms with Crippen LogP contribution in [0.5, 0.6) is 0 Å². The Morgan fingerprint density at radius 2 is 1.00 bits per heavy atom. The number of ketones is 1. The Kier molecular flexibility index (Phi) is 27.9. The lowest BCUT2D eigenvalue weighted by atomic mass is 10.1. The zero-order chi connectivity index (χ0) is 23.6. The Bertz CT molecular complexity index is 394. The number of nitrogens with one attached hydrogen (secondary N) is 1. The van der Waals surface area contributed by atoms with Gasteiger partial charge >= 0.3 is 0 Å². The van der Waals surface area contributed by atoms with Gasteiger partial charge in [0.25, 0.3) is 0 Å². The van der Waals surface area contributed by atoms with E-state index in [1.165, 1.54) is 0 Å². The minimum absolute atomic E-state index is 0.00373. The van der Waals surface area contributed by atoms with Crippen molar-refractivity contribution in [2.45, 2.75) is 41.0 Å². The van der Waals surface area contributed by atoms with E-state index in [2.05, 4.69) is 5.32 Å². The quantitative estimate of drug-likeness (QED) is 0.249. The van der Waals surface area contributed by atoms with Crippen LogP contribution in [0, 0.1) is 5.92 Å². The van der Waals surface area contributed by atoms with Crippen LogP contribution in [-0.2, 0) is 38.0 Å². The van der Waals surface area contributed by atoms with Gasteiger partial charge < -0.3 is 33.7 Å². The van der Waals surface area contributed by atoms with E-state index in [1.54, 1.807) is 0 Å². The molecule has 0 aromatic heterocycles. The summed E-state index contributed by atoms with van der Waals surface area (Å²) in [4.78, 5) is 22.3. The van der Waals surface area contributed by atoms with Gasteiger partial charge in [0.2, 0.25) is 5.91 Å². The molecule has 0 unspecified atom stereocenters. The average molecular weight is 452 g/mol. The predicted molar refractivity (Wildman–Crippen MR) is 119 cm³/mol. The molecule has 0 saturated heterocycles. The summed E-state index contributed by atoms with van der Waals surface area (Å²) in [6.45, 7) is 15.5. The van der Waals surface area contributed by atoms with Crippen LogP contribution in [0.15, 0.2) is 0 Å². The number of hydrogen-bond donors (Lipinski definition) is 1. The molecule has 0 heterocycles. The van der Waals surface area contributed by atoms with Gasteiger partial charge in [0.15, 0.2) is 5.78 Å². The van der Waals surface area contributed by atoms with Gasteiger partial charge in [-0.2, -0.15) is 0 Å². The molecule has 0 radical (unpaired) electrons. The van der Waals surface area contributed by atoms with Crippen LogP contribution in [0.4, 0.5) is 0 Å². The first-order valence-electron chi connectivity index (χ1n) is 11.3. The number of hydrogen-bond acceptors (Lipinski definition) is 8. The van der Waals surface area contributed by atoms with Gasteiger partial charge in [-0.05, 0) is 0 Å². The highest BCUT2D eigenvalue weighted by Gasteiger charge is 2.06. The fourth-order valence-corrected chi connectivity index (χ4v) is 1.83. The van der Waals surface area contributed by atoms with Crippen molar-refractivity contribution in [1.82, 2.24) is 5.32 Å². The highest BCUT2D eigenvalue weighted by atomic mass is 16.6. The summed E-state index contributed by atoms with van der Waals surface area (Å²) in [5.74, 6) is 0.129. The standard InChI is InChI=1S/C20H39NO8.C2H6/c1-4-20(23)21-5-6-24-7-8-25-9-10-26-11-12-27-13-14-28-15-16-29-17-19(22)18(2)3;1-2/h18H,4-17H2,1-3H3,(H,21,23);1-2H3. The Morgan fingerprint density at radius 1 is 0.645 bits per heavy atom. The van der Waals surface area contributed by atoms with E-state index in [0.29, 0.717) is 85.6 Å². The van der Waals surface area contributed by atoms with Crippen molar-refractivity contribution >= 4 is 11.7 Å². The molecule has 0 atom stereocenters. The molecule has 0 aromatic carbocycles. The van der Waals surface area contributed by atoms with Crippen LogP contribution < -0.4 is 5.32 Å². The second-order valence-corrected chi connectivity index (χ2v) is 6.44. The lowest BCUT2D eigenvalue weighted by molar-refractivity contribution is -0.127. The van der Waals surface area contributed by atoms with Gasteiger partial charge in [-0.3, -0.25) is 9.59 Å². The van der Waals surface area contributed by atoms with Crippen LogP contribution >= 0.6 is 0 Å².